The molecule has 0 saturated carbocycles. The fourth-order valence-corrected chi connectivity index (χ4v) is 1.68. The van der Waals surface area contributed by atoms with E-state index in [1.165, 1.54) is 23.9 Å². The monoisotopic (exact) mass is 278 g/mol. The number of amides is 1. The van der Waals surface area contributed by atoms with Gasteiger partial charge in [-0.1, -0.05) is 6.07 Å². The van der Waals surface area contributed by atoms with Gasteiger partial charge < -0.3 is 11.1 Å². The number of nitrogens with one attached hydrogen (secondary N) is 1. The first kappa shape index (κ1) is 14.7. The van der Waals surface area contributed by atoms with Crippen molar-refractivity contribution in [2.24, 2.45) is 0 Å². The highest BCUT2D eigenvalue weighted by Crippen LogP contribution is 2.34. The van der Waals surface area contributed by atoms with Gasteiger partial charge in [0.1, 0.15) is 0 Å². The SMILES string of the molecule is CSCCNC(=O)c1cccc(C(F)(F)F)c1N. The van der Waals surface area contributed by atoms with Gasteiger partial charge in [-0.15, -0.1) is 0 Å². The number of carbonyl (C=O) groups is 1. The van der Waals surface area contributed by atoms with Crippen molar-refractivity contribution in [2.45, 2.75) is 6.18 Å². The lowest BCUT2D eigenvalue weighted by atomic mass is 10.1. The summed E-state index contributed by atoms with van der Waals surface area (Å²) in [6.07, 6.45) is -2.69. The van der Waals surface area contributed by atoms with Crippen molar-refractivity contribution in [1.82, 2.24) is 5.32 Å². The number of halogens is 3. The van der Waals surface area contributed by atoms with Gasteiger partial charge in [0.15, 0.2) is 0 Å². The molecule has 0 aliphatic rings. The number of rotatable bonds is 4. The summed E-state index contributed by atoms with van der Waals surface area (Å²) >= 11 is 1.52. The fraction of sp³-hybridized carbons (Fsp3) is 0.364. The predicted octanol–water partition coefficient (Wildman–Crippen LogP) is 2.38. The van der Waals surface area contributed by atoms with Gasteiger partial charge in [-0.05, 0) is 18.4 Å². The normalized spacial score (nSPS) is 11.3. The lowest BCUT2D eigenvalue weighted by molar-refractivity contribution is -0.136. The highest BCUT2D eigenvalue weighted by Gasteiger charge is 2.34. The summed E-state index contributed by atoms with van der Waals surface area (Å²) in [7, 11) is 0. The molecule has 0 aliphatic carbocycles. The number of hydrogen-bond acceptors (Lipinski definition) is 3. The van der Waals surface area contributed by atoms with Crippen molar-refractivity contribution >= 4 is 23.4 Å². The Morgan fingerprint density at radius 2 is 2.11 bits per heavy atom. The second kappa shape index (κ2) is 5.99. The molecule has 0 saturated heterocycles. The van der Waals surface area contributed by atoms with Crippen LogP contribution in [0, 0.1) is 0 Å². The minimum atomic E-state index is -4.56. The van der Waals surface area contributed by atoms with Crippen LogP contribution < -0.4 is 11.1 Å². The zero-order valence-electron chi connectivity index (χ0n) is 9.67. The zero-order valence-corrected chi connectivity index (χ0v) is 10.5. The molecule has 0 aliphatic heterocycles. The number of nitrogen functional groups attached to an aromatic ring is 1. The van der Waals surface area contributed by atoms with Gasteiger partial charge in [0, 0.05) is 12.3 Å². The molecule has 1 aromatic rings. The van der Waals surface area contributed by atoms with E-state index in [0.29, 0.717) is 12.3 Å². The Kier molecular flexibility index (Phi) is 4.89. The van der Waals surface area contributed by atoms with E-state index in [9.17, 15) is 18.0 Å². The molecular formula is C11H13F3N2OS. The van der Waals surface area contributed by atoms with Gasteiger partial charge in [0.25, 0.3) is 5.91 Å². The summed E-state index contributed by atoms with van der Waals surface area (Å²) in [6, 6.07) is 3.30. The molecule has 0 spiro atoms. The zero-order chi connectivity index (χ0) is 13.8. The molecule has 0 heterocycles. The third kappa shape index (κ3) is 3.56. The van der Waals surface area contributed by atoms with Crippen molar-refractivity contribution in [2.75, 3.05) is 24.3 Å². The first-order valence-corrected chi connectivity index (χ1v) is 6.50. The molecule has 3 nitrogen and oxygen atoms in total. The van der Waals surface area contributed by atoms with Crippen LogP contribution in [0.2, 0.25) is 0 Å². The number of thioether (sulfide) groups is 1. The van der Waals surface area contributed by atoms with Gasteiger partial charge in [0.2, 0.25) is 0 Å². The molecule has 18 heavy (non-hydrogen) atoms. The van der Waals surface area contributed by atoms with Gasteiger partial charge in [-0.2, -0.15) is 24.9 Å². The van der Waals surface area contributed by atoms with E-state index in [0.717, 1.165) is 6.07 Å². The second-order valence-electron chi connectivity index (χ2n) is 3.51. The van der Waals surface area contributed by atoms with Crippen molar-refractivity contribution in [3.8, 4) is 0 Å². The fourth-order valence-electron chi connectivity index (χ4n) is 1.37. The third-order valence-electron chi connectivity index (χ3n) is 2.25. The summed E-state index contributed by atoms with van der Waals surface area (Å²) in [5, 5.41) is 2.51. The molecule has 3 N–H and O–H groups in total. The predicted molar refractivity (Wildman–Crippen MR) is 66.6 cm³/mol. The number of carbonyl (C=O) groups excluding carboxylic acids is 1. The first-order valence-electron chi connectivity index (χ1n) is 5.10. The Bertz CT molecular complexity index is 435. The Hall–Kier alpha value is -1.37. The van der Waals surface area contributed by atoms with Gasteiger partial charge in [-0.3, -0.25) is 4.79 Å². The molecule has 0 unspecified atom stereocenters. The lowest BCUT2D eigenvalue weighted by Gasteiger charge is -2.13. The van der Waals surface area contributed by atoms with Gasteiger partial charge in [-0.25, -0.2) is 0 Å². The average Bonchev–Trinajstić information content (AvgIpc) is 2.28. The Morgan fingerprint density at radius 1 is 1.44 bits per heavy atom. The topological polar surface area (TPSA) is 55.1 Å². The quantitative estimate of drug-likeness (QED) is 0.657. The molecule has 0 radical (unpaired) electrons. The molecule has 1 rings (SSSR count). The maximum atomic E-state index is 12.6. The van der Waals surface area contributed by atoms with E-state index < -0.39 is 23.3 Å². The highest BCUT2D eigenvalue weighted by molar-refractivity contribution is 7.98. The van der Waals surface area contributed by atoms with Crippen molar-refractivity contribution in [1.29, 1.82) is 0 Å². The summed E-state index contributed by atoms with van der Waals surface area (Å²) in [6.45, 7) is 0.385. The summed E-state index contributed by atoms with van der Waals surface area (Å²) in [5.41, 5.74) is 3.72. The number of para-hydroxylation sites is 1. The van der Waals surface area contributed by atoms with E-state index in [1.54, 1.807) is 0 Å². The van der Waals surface area contributed by atoms with E-state index >= 15 is 0 Å². The Balaban J connectivity index is 2.93. The van der Waals surface area contributed by atoms with Crippen molar-refractivity contribution in [3.05, 3.63) is 29.3 Å². The number of anilines is 1. The van der Waals surface area contributed by atoms with Crippen LogP contribution in [-0.2, 0) is 6.18 Å². The molecule has 7 heteroatoms. The van der Waals surface area contributed by atoms with Crippen molar-refractivity contribution in [3.63, 3.8) is 0 Å². The lowest BCUT2D eigenvalue weighted by Crippen LogP contribution is -2.27. The number of alkyl halides is 3. The van der Waals surface area contributed by atoms with E-state index in [2.05, 4.69) is 5.32 Å². The van der Waals surface area contributed by atoms with Crippen LogP contribution >= 0.6 is 11.8 Å². The number of nitrogens with two attached hydrogens (primary N) is 1. The summed E-state index contributed by atoms with van der Waals surface area (Å²) in [5.74, 6) is 0.0950. The maximum absolute atomic E-state index is 12.6. The van der Waals surface area contributed by atoms with Crippen LogP contribution in [-0.4, -0.2) is 24.5 Å². The third-order valence-corrected chi connectivity index (χ3v) is 2.86. The molecule has 0 fully saturated rings. The minimum absolute atomic E-state index is 0.147. The molecule has 1 aromatic carbocycles. The first-order chi connectivity index (χ1) is 8.38. The average molecular weight is 278 g/mol. The summed E-state index contributed by atoms with van der Waals surface area (Å²) in [4.78, 5) is 11.7. The van der Waals surface area contributed by atoms with Crippen LogP contribution in [0.3, 0.4) is 0 Å². The minimum Gasteiger partial charge on any atom is -0.398 e. The smallest absolute Gasteiger partial charge is 0.398 e. The van der Waals surface area contributed by atoms with Gasteiger partial charge in [0.05, 0.1) is 16.8 Å². The van der Waals surface area contributed by atoms with Crippen LogP contribution in [0.5, 0.6) is 0 Å². The molecule has 0 bridgehead atoms. The van der Waals surface area contributed by atoms with E-state index in [4.69, 9.17) is 5.73 Å². The molecule has 0 aromatic heterocycles. The molecular weight excluding hydrogens is 265 g/mol. The maximum Gasteiger partial charge on any atom is 0.418 e. The largest absolute Gasteiger partial charge is 0.418 e. The molecule has 100 valence electrons. The Morgan fingerprint density at radius 3 is 2.67 bits per heavy atom. The molecule has 1 amide bonds. The standard InChI is InChI=1S/C11H13F3N2OS/c1-18-6-5-16-10(17)7-3-2-4-8(9(7)15)11(12,13)14/h2-4H,5-6,15H2,1H3,(H,16,17). The molecule has 0 atom stereocenters. The highest BCUT2D eigenvalue weighted by atomic mass is 32.2. The number of hydrogen-bond donors (Lipinski definition) is 2. The number of benzene rings is 1. The van der Waals surface area contributed by atoms with Crippen LogP contribution in [0.1, 0.15) is 15.9 Å². The van der Waals surface area contributed by atoms with Gasteiger partial charge >= 0.3 is 6.18 Å². The second-order valence-corrected chi connectivity index (χ2v) is 4.50. The van der Waals surface area contributed by atoms with Crippen molar-refractivity contribution < 1.29 is 18.0 Å². The summed E-state index contributed by atoms with van der Waals surface area (Å²) < 4.78 is 37.8. The van der Waals surface area contributed by atoms with E-state index in [1.807, 2.05) is 6.26 Å². The Labute approximate surface area is 107 Å². The van der Waals surface area contributed by atoms with E-state index in [-0.39, 0.29) is 5.56 Å². The van der Waals surface area contributed by atoms with Crippen LogP contribution in [0.4, 0.5) is 18.9 Å². The van der Waals surface area contributed by atoms with Crippen LogP contribution in [0.25, 0.3) is 0 Å². The van der Waals surface area contributed by atoms with Crippen LogP contribution in [0.15, 0.2) is 18.2 Å².